The summed E-state index contributed by atoms with van der Waals surface area (Å²) in [7, 11) is 1.77. The molecule has 124 valence electrons. The first kappa shape index (κ1) is 16.0. The van der Waals surface area contributed by atoms with Crippen molar-refractivity contribution in [2.45, 2.75) is 18.9 Å². The molecule has 6 nitrogen and oxygen atoms in total. The Labute approximate surface area is 139 Å². The van der Waals surface area contributed by atoms with Gasteiger partial charge in [-0.25, -0.2) is 4.39 Å². The molecule has 1 aliphatic rings. The fourth-order valence-corrected chi connectivity index (χ4v) is 2.95. The zero-order valence-electron chi connectivity index (χ0n) is 13.4. The maximum Gasteiger partial charge on any atom is 0.254 e. The third-order valence-electron chi connectivity index (χ3n) is 4.22. The van der Waals surface area contributed by atoms with Crippen LogP contribution in [0.5, 0.6) is 0 Å². The van der Waals surface area contributed by atoms with E-state index in [1.54, 1.807) is 30.2 Å². The first-order valence-electron chi connectivity index (χ1n) is 7.81. The number of nitrogens with zero attached hydrogens (tertiary/aromatic N) is 4. The Bertz CT molecular complexity index is 787. The smallest absolute Gasteiger partial charge is 0.254 e. The van der Waals surface area contributed by atoms with Crippen molar-refractivity contribution in [1.82, 2.24) is 15.1 Å². The SMILES string of the molecule is Cn1cc(C(=O)NC2CCN(c3ccc(F)cc3C#N)CC2)cn1. The molecule has 1 saturated heterocycles. The molecule has 0 saturated carbocycles. The van der Waals surface area contributed by atoms with E-state index >= 15 is 0 Å². The summed E-state index contributed by atoms with van der Waals surface area (Å²) < 4.78 is 14.8. The van der Waals surface area contributed by atoms with Crippen LogP contribution in [0.1, 0.15) is 28.8 Å². The van der Waals surface area contributed by atoms with Gasteiger partial charge in [-0.05, 0) is 31.0 Å². The molecule has 1 N–H and O–H groups in total. The molecule has 1 fully saturated rings. The second kappa shape index (κ2) is 6.71. The number of halogens is 1. The Morgan fingerprint density at radius 3 is 2.79 bits per heavy atom. The minimum Gasteiger partial charge on any atom is -0.370 e. The lowest BCUT2D eigenvalue weighted by atomic mass is 10.0. The second-order valence-corrected chi connectivity index (χ2v) is 5.91. The number of nitrogens with one attached hydrogen (secondary N) is 1. The first-order chi connectivity index (χ1) is 11.6. The van der Waals surface area contributed by atoms with Gasteiger partial charge in [-0.2, -0.15) is 10.4 Å². The van der Waals surface area contributed by atoms with Gasteiger partial charge >= 0.3 is 0 Å². The molecule has 1 aliphatic heterocycles. The summed E-state index contributed by atoms with van der Waals surface area (Å²) in [4.78, 5) is 14.2. The number of piperidine rings is 1. The van der Waals surface area contributed by atoms with E-state index in [0.717, 1.165) is 18.5 Å². The van der Waals surface area contributed by atoms with E-state index in [9.17, 15) is 9.18 Å². The molecule has 0 bridgehead atoms. The van der Waals surface area contributed by atoms with Gasteiger partial charge in [0.05, 0.1) is 23.0 Å². The van der Waals surface area contributed by atoms with Crippen LogP contribution in [-0.4, -0.2) is 34.8 Å². The van der Waals surface area contributed by atoms with Crippen LogP contribution in [0.4, 0.5) is 10.1 Å². The van der Waals surface area contributed by atoms with Crippen LogP contribution >= 0.6 is 0 Å². The molecule has 1 aromatic heterocycles. The highest BCUT2D eigenvalue weighted by atomic mass is 19.1. The highest BCUT2D eigenvalue weighted by molar-refractivity contribution is 5.93. The largest absolute Gasteiger partial charge is 0.370 e. The number of aromatic nitrogens is 2. The Morgan fingerprint density at radius 2 is 2.17 bits per heavy atom. The number of hydrogen-bond acceptors (Lipinski definition) is 4. The standard InChI is InChI=1S/C17H18FN5O/c1-22-11-13(10-20-22)17(24)21-15-4-6-23(7-5-15)16-3-2-14(18)8-12(16)9-19/h2-3,8,10-11,15H,4-7H2,1H3,(H,21,24). The molecule has 2 heterocycles. The van der Waals surface area contributed by atoms with E-state index in [-0.39, 0.29) is 11.9 Å². The lowest BCUT2D eigenvalue weighted by Crippen LogP contribution is -2.44. The van der Waals surface area contributed by atoms with Crippen molar-refractivity contribution in [1.29, 1.82) is 5.26 Å². The zero-order valence-corrected chi connectivity index (χ0v) is 13.4. The molecule has 0 atom stereocenters. The summed E-state index contributed by atoms with van der Waals surface area (Å²) in [6, 6.07) is 6.39. The van der Waals surface area contributed by atoms with Crippen LogP contribution in [0.3, 0.4) is 0 Å². The predicted molar refractivity (Wildman–Crippen MR) is 87.0 cm³/mol. The summed E-state index contributed by atoms with van der Waals surface area (Å²) in [6.07, 6.45) is 4.77. The topological polar surface area (TPSA) is 74.0 Å². The lowest BCUT2D eigenvalue weighted by Gasteiger charge is -2.34. The molecule has 0 spiro atoms. The lowest BCUT2D eigenvalue weighted by molar-refractivity contribution is 0.0931. The Hall–Kier alpha value is -2.88. The van der Waals surface area contributed by atoms with Crippen molar-refractivity contribution in [3.63, 3.8) is 0 Å². The fraction of sp³-hybridized carbons (Fsp3) is 0.353. The quantitative estimate of drug-likeness (QED) is 0.933. The van der Waals surface area contributed by atoms with Crippen LogP contribution in [0.2, 0.25) is 0 Å². The molecular formula is C17H18FN5O. The highest BCUT2D eigenvalue weighted by Crippen LogP contribution is 2.24. The number of hydrogen-bond donors (Lipinski definition) is 1. The second-order valence-electron chi connectivity index (χ2n) is 5.91. The summed E-state index contributed by atoms with van der Waals surface area (Å²) in [5.41, 5.74) is 1.63. The molecule has 7 heteroatoms. The van der Waals surface area contributed by atoms with Gasteiger partial charge in [-0.1, -0.05) is 0 Å². The van der Waals surface area contributed by atoms with E-state index in [2.05, 4.69) is 15.3 Å². The van der Waals surface area contributed by atoms with Gasteiger partial charge in [0, 0.05) is 32.4 Å². The summed E-state index contributed by atoms with van der Waals surface area (Å²) in [5.74, 6) is -0.532. The molecule has 0 unspecified atom stereocenters. The van der Waals surface area contributed by atoms with Crippen molar-refractivity contribution >= 4 is 11.6 Å². The number of nitriles is 1. The van der Waals surface area contributed by atoms with Crippen LogP contribution in [0.25, 0.3) is 0 Å². The summed E-state index contributed by atoms with van der Waals surface area (Å²) in [5, 5.41) is 16.2. The van der Waals surface area contributed by atoms with Gasteiger partial charge in [0.1, 0.15) is 11.9 Å². The average molecular weight is 327 g/mol. The number of rotatable bonds is 3. The van der Waals surface area contributed by atoms with E-state index in [0.29, 0.717) is 24.2 Å². The number of amides is 1. The molecule has 3 rings (SSSR count). The first-order valence-corrected chi connectivity index (χ1v) is 7.81. The van der Waals surface area contributed by atoms with Crippen LogP contribution < -0.4 is 10.2 Å². The average Bonchev–Trinajstić information content (AvgIpc) is 3.02. The molecule has 1 aromatic carbocycles. The molecule has 2 aromatic rings. The zero-order chi connectivity index (χ0) is 17.1. The molecule has 0 radical (unpaired) electrons. The minimum absolute atomic E-state index is 0.0833. The molecule has 0 aliphatic carbocycles. The maximum atomic E-state index is 13.2. The number of anilines is 1. The van der Waals surface area contributed by atoms with E-state index in [1.165, 1.54) is 12.1 Å². The van der Waals surface area contributed by atoms with E-state index in [4.69, 9.17) is 5.26 Å². The third-order valence-corrected chi connectivity index (χ3v) is 4.22. The van der Waals surface area contributed by atoms with Crippen molar-refractivity contribution in [2.75, 3.05) is 18.0 Å². The number of aryl methyl sites for hydroxylation is 1. The van der Waals surface area contributed by atoms with Crippen LogP contribution in [-0.2, 0) is 7.05 Å². The maximum absolute atomic E-state index is 13.2. The van der Waals surface area contributed by atoms with Gasteiger partial charge in [0.15, 0.2) is 0 Å². The normalized spacial score (nSPS) is 15.1. The predicted octanol–water partition coefficient (Wildman–Crippen LogP) is 1.83. The van der Waals surface area contributed by atoms with Crippen LogP contribution in [0.15, 0.2) is 30.6 Å². The molecular weight excluding hydrogens is 309 g/mol. The van der Waals surface area contributed by atoms with Crippen LogP contribution in [0, 0.1) is 17.1 Å². The molecule has 1 amide bonds. The van der Waals surface area contributed by atoms with Crippen molar-refractivity contribution in [3.05, 3.63) is 47.5 Å². The number of carbonyl (C=O) groups is 1. The minimum atomic E-state index is -0.408. The number of benzene rings is 1. The fourth-order valence-electron chi connectivity index (χ4n) is 2.95. The Kier molecular flexibility index (Phi) is 4.47. The van der Waals surface area contributed by atoms with Gasteiger partial charge < -0.3 is 10.2 Å². The monoisotopic (exact) mass is 327 g/mol. The summed E-state index contributed by atoms with van der Waals surface area (Å²) >= 11 is 0. The van der Waals surface area contributed by atoms with E-state index in [1.807, 2.05) is 6.07 Å². The van der Waals surface area contributed by atoms with Gasteiger partial charge in [0.2, 0.25) is 0 Å². The van der Waals surface area contributed by atoms with E-state index < -0.39 is 5.82 Å². The van der Waals surface area contributed by atoms with Crippen molar-refractivity contribution < 1.29 is 9.18 Å². The van der Waals surface area contributed by atoms with Gasteiger partial charge in [0.25, 0.3) is 5.91 Å². The van der Waals surface area contributed by atoms with Crippen molar-refractivity contribution in [2.24, 2.45) is 7.05 Å². The van der Waals surface area contributed by atoms with Crippen molar-refractivity contribution in [3.8, 4) is 6.07 Å². The third kappa shape index (κ3) is 3.38. The Morgan fingerprint density at radius 1 is 1.42 bits per heavy atom. The Balaban J connectivity index is 1.60. The van der Waals surface area contributed by atoms with Gasteiger partial charge in [-0.15, -0.1) is 0 Å². The van der Waals surface area contributed by atoms with Gasteiger partial charge in [-0.3, -0.25) is 9.48 Å². The molecule has 24 heavy (non-hydrogen) atoms. The highest BCUT2D eigenvalue weighted by Gasteiger charge is 2.23. The number of carbonyl (C=O) groups excluding carboxylic acids is 1. The summed E-state index contributed by atoms with van der Waals surface area (Å²) in [6.45, 7) is 1.41.